The van der Waals surface area contributed by atoms with Gasteiger partial charge in [0.25, 0.3) is 5.56 Å². The Morgan fingerprint density at radius 2 is 1.88 bits per heavy atom. The zero-order valence-electron chi connectivity index (χ0n) is 21.9. The van der Waals surface area contributed by atoms with E-state index in [0.29, 0.717) is 5.39 Å². The van der Waals surface area contributed by atoms with Gasteiger partial charge in [-0.3, -0.25) is 13.9 Å². The van der Waals surface area contributed by atoms with Crippen molar-refractivity contribution in [2.75, 3.05) is 18.9 Å². The molecule has 2 aliphatic rings. The number of imidazole rings is 1. The van der Waals surface area contributed by atoms with Gasteiger partial charge >= 0.3 is 15.9 Å². The standard InChI is InChI=1S/C22H27N7O12P2/c23-18-9-2-4-28(19(9)26-7-25-18)21-15(32)16(41-42(34)35)12(40-21)6-38-43(36,37)17-14(31)11(5-30)39-22(17)29-8-27-13-10(29)1-3-24-20(13)33/h1-4,7-8,11-12,14-17,21-22,30-32,42H,5-6H2,(H,24,33)(H,34,35)(H,36,37)(H2,23,25,26)/t11-,12-,14-,15-,16-,17-,21-,22-/m1/s1. The van der Waals surface area contributed by atoms with Gasteiger partial charge in [-0.15, -0.1) is 0 Å². The topological polar surface area (TPSA) is 280 Å². The molecule has 2 unspecified atom stereocenters. The Kier molecular flexibility index (Phi) is 7.99. The molecule has 6 rings (SSSR count). The summed E-state index contributed by atoms with van der Waals surface area (Å²) >= 11 is 0. The number of hydrogen-bond donors (Lipinski definition) is 7. The minimum absolute atomic E-state index is 0.00337. The second-order valence-electron chi connectivity index (χ2n) is 9.90. The molecule has 0 bridgehead atoms. The fraction of sp³-hybridized carbons (Fsp3) is 0.455. The van der Waals surface area contributed by atoms with Gasteiger partial charge < -0.3 is 63.5 Å². The molecule has 10 atom stereocenters. The van der Waals surface area contributed by atoms with Crippen molar-refractivity contribution < 1.29 is 52.8 Å². The summed E-state index contributed by atoms with van der Waals surface area (Å²) in [5.74, 6) is 0.161. The van der Waals surface area contributed by atoms with Crippen molar-refractivity contribution in [1.82, 2.24) is 29.1 Å². The molecule has 2 aliphatic heterocycles. The number of nitrogens with one attached hydrogen (secondary N) is 1. The van der Waals surface area contributed by atoms with Gasteiger partial charge in [0.15, 0.2) is 18.0 Å². The smallest absolute Gasteiger partial charge is 0.338 e. The summed E-state index contributed by atoms with van der Waals surface area (Å²) in [5.41, 5.74) is 4.17. The van der Waals surface area contributed by atoms with Crippen LogP contribution in [0.5, 0.6) is 0 Å². The molecule has 4 aromatic heterocycles. The van der Waals surface area contributed by atoms with Crippen LogP contribution in [0.3, 0.4) is 0 Å². The SMILES string of the molecule is Nc1ncnc2c1ccn2[C@@H]1O[C@H](COP(=O)(O)[C@@H]2[C@H](O)[C@@H](CO)O[C@H]2n2cnc3c(=O)[nH]ccc32)[C@@H](O[PH](=O)O)[C@H]1O. The molecule has 0 aliphatic carbocycles. The number of nitrogen functional groups attached to an aromatic ring is 1. The maximum absolute atomic E-state index is 13.7. The monoisotopic (exact) mass is 643 g/mol. The minimum atomic E-state index is -4.91. The third-order valence-electron chi connectivity index (χ3n) is 7.46. The summed E-state index contributed by atoms with van der Waals surface area (Å²) in [7, 11) is -8.54. The lowest BCUT2D eigenvalue weighted by molar-refractivity contribution is -0.0488. The third kappa shape index (κ3) is 5.22. The summed E-state index contributed by atoms with van der Waals surface area (Å²) in [6.45, 7) is -1.46. The van der Waals surface area contributed by atoms with Gasteiger partial charge in [-0.1, -0.05) is 0 Å². The van der Waals surface area contributed by atoms with Crippen LogP contribution in [0.4, 0.5) is 5.82 Å². The predicted octanol–water partition coefficient (Wildman–Crippen LogP) is -1.40. The number of H-pyrrole nitrogens is 1. The van der Waals surface area contributed by atoms with Gasteiger partial charge in [0.2, 0.25) is 0 Å². The average Bonchev–Trinajstić information content (AvgIpc) is 3.72. The number of rotatable bonds is 9. The molecule has 0 amide bonds. The molecule has 6 heterocycles. The van der Waals surface area contributed by atoms with Gasteiger partial charge in [-0.2, -0.15) is 0 Å². The Bertz CT molecular complexity index is 1780. The number of hydrogen-bond acceptors (Lipinski definition) is 14. The second-order valence-corrected chi connectivity index (χ2v) is 12.7. The number of aromatic amines is 1. The molecular weight excluding hydrogens is 616 g/mol. The molecule has 0 radical (unpaired) electrons. The average molecular weight is 643 g/mol. The molecule has 0 spiro atoms. The molecular formula is C22H27N7O12P2. The third-order valence-corrected chi connectivity index (χ3v) is 9.76. The van der Waals surface area contributed by atoms with Crippen molar-refractivity contribution in [3.8, 4) is 0 Å². The summed E-state index contributed by atoms with van der Waals surface area (Å²) < 4.78 is 50.0. The maximum Gasteiger partial charge on any atom is 0.338 e. The van der Waals surface area contributed by atoms with Gasteiger partial charge in [-0.05, 0) is 12.1 Å². The largest absolute Gasteiger partial charge is 0.394 e. The molecule has 0 aromatic carbocycles. The highest BCUT2D eigenvalue weighted by molar-refractivity contribution is 7.53. The van der Waals surface area contributed by atoms with E-state index in [0.717, 1.165) is 0 Å². The number of nitrogens with two attached hydrogens (primary N) is 1. The Hall–Kier alpha value is -3.06. The Morgan fingerprint density at radius 1 is 1.12 bits per heavy atom. The fourth-order valence-electron chi connectivity index (χ4n) is 5.45. The number of fused-ring (bicyclic) bond motifs is 2. The van der Waals surface area contributed by atoms with E-state index >= 15 is 0 Å². The number of aromatic nitrogens is 6. The van der Waals surface area contributed by atoms with Gasteiger partial charge in [-0.25, -0.2) is 15.0 Å². The first-order chi connectivity index (χ1) is 20.5. The Morgan fingerprint density at radius 3 is 2.63 bits per heavy atom. The zero-order chi connectivity index (χ0) is 30.6. The molecule has 8 N–H and O–H groups in total. The van der Waals surface area contributed by atoms with Crippen LogP contribution in [0.25, 0.3) is 22.1 Å². The first-order valence-electron chi connectivity index (χ1n) is 12.8. The lowest BCUT2D eigenvalue weighted by Crippen LogP contribution is -2.37. The maximum atomic E-state index is 13.7. The van der Waals surface area contributed by atoms with E-state index in [-0.39, 0.29) is 22.5 Å². The van der Waals surface area contributed by atoms with Crippen LogP contribution in [0.1, 0.15) is 12.5 Å². The molecule has 2 saturated heterocycles. The lowest BCUT2D eigenvalue weighted by atomic mass is 10.1. The predicted molar refractivity (Wildman–Crippen MR) is 145 cm³/mol. The highest BCUT2D eigenvalue weighted by Gasteiger charge is 2.56. The van der Waals surface area contributed by atoms with Gasteiger partial charge in [0, 0.05) is 12.4 Å². The lowest BCUT2D eigenvalue weighted by Gasteiger charge is -2.27. The van der Waals surface area contributed by atoms with Crippen LogP contribution < -0.4 is 11.3 Å². The quantitative estimate of drug-likeness (QED) is 0.103. The first kappa shape index (κ1) is 30.0. The van der Waals surface area contributed by atoms with E-state index in [9.17, 15) is 39.0 Å². The number of pyridine rings is 1. The minimum Gasteiger partial charge on any atom is -0.394 e. The number of aliphatic hydroxyl groups excluding tert-OH is 3. The normalized spacial score (nSPS) is 31.6. The highest BCUT2D eigenvalue weighted by Crippen LogP contribution is 2.57. The van der Waals surface area contributed by atoms with E-state index in [1.165, 1.54) is 40.2 Å². The molecule has 232 valence electrons. The van der Waals surface area contributed by atoms with Gasteiger partial charge in [0.05, 0.1) is 30.4 Å². The van der Waals surface area contributed by atoms with E-state index in [1.807, 2.05) is 0 Å². The van der Waals surface area contributed by atoms with Crippen LogP contribution in [0.15, 0.2) is 42.0 Å². The Balaban J connectivity index is 1.28. The highest BCUT2D eigenvalue weighted by atomic mass is 31.2. The molecule has 0 saturated carbocycles. The summed E-state index contributed by atoms with van der Waals surface area (Å²) in [6.07, 6.45) is -4.85. The van der Waals surface area contributed by atoms with Gasteiger partial charge in [0.1, 0.15) is 54.0 Å². The van der Waals surface area contributed by atoms with Crippen LogP contribution in [-0.4, -0.2) is 104 Å². The van der Waals surface area contributed by atoms with Crippen molar-refractivity contribution in [2.45, 2.75) is 48.6 Å². The Labute approximate surface area is 240 Å². The summed E-state index contributed by atoms with van der Waals surface area (Å²) in [5, 5.41) is 32.1. The summed E-state index contributed by atoms with van der Waals surface area (Å²) in [6, 6.07) is 3.05. The van der Waals surface area contributed by atoms with Crippen LogP contribution in [0, 0.1) is 0 Å². The number of anilines is 1. The van der Waals surface area contributed by atoms with Crippen molar-refractivity contribution >= 4 is 43.7 Å². The van der Waals surface area contributed by atoms with E-state index in [2.05, 4.69) is 19.9 Å². The second kappa shape index (κ2) is 11.5. The fourth-order valence-corrected chi connectivity index (χ4v) is 7.62. The van der Waals surface area contributed by atoms with Crippen molar-refractivity contribution in [2.24, 2.45) is 0 Å². The number of ether oxygens (including phenoxy) is 2. The number of aliphatic hydroxyl groups is 3. The summed E-state index contributed by atoms with van der Waals surface area (Å²) in [4.78, 5) is 47.3. The van der Waals surface area contributed by atoms with Crippen LogP contribution >= 0.6 is 15.9 Å². The van der Waals surface area contributed by atoms with E-state index in [1.54, 1.807) is 6.07 Å². The first-order valence-corrected chi connectivity index (χ1v) is 15.7. The zero-order valence-corrected chi connectivity index (χ0v) is 23.7. The van der Waals surface area contributed by atoms with Crippen molar-refractivity contribution in [3.63, 3.8) is 0 Å². The molecule has 4 aromatic rings. The van der Waals surface area contributed by atoms with Crippen molar-refractivity contribution in [1.29, 1.82) is 0 Å². The van der Waals surface area contributed by atoms with E-state index < -0.39 is 83.3 Å². The number of nitrogens with zero attached hydrogens (tertiary/aromatic N) is 5. The van der Waals surface area contributed by atoms with Crippen LogP contribution in [0.2, 0.25) is 0 Å². The van der Waals surface area contributed by atoms with Crippen LogP contribution in [-0.2, 0) is 27.7 Å². The molecule has 21 heteroatoms. The molecule has 43 heavy (non-hydrogen) atoms. The molecule has 2 fully saturated rings. The molecule has 19 nitrogen and oxygen atoms in total. The van der Waals surface area contributed by atoms with E-state index in [4.69, 9.17) is 24.3 Å². The van der Waals surface area contributed by atoms with Crippen molar-refractivity contribution in [3.05, 3.63) is 47.5 Å².